The number of hydrogen-bond acceptors (Lipinski definition) is 2. The largest absolute Gasteiger partial charge is 0.385 e. The van der Waals surface area contributed by atoms with E-state index in [0.717, 1.165) is 6.42 Å². The summed E-state index contributed by atoms with van der Waals surface area (Å²) in [4.78, 5) is 0. The summed E-state index contributed by atoms with van der Waals surface area (Å²) in [6.45, 7) is 0.635. The Morgan fingerprint density at radius 1 is 1.53 bits per heavy atom. The normalized spacial score (nSPS) is 12.8. The van der Waals surface area contributed by atoms with E-state index in [1.807, 2.05) is 0 Å². The van der Waals surface area contributed by atoms with Gasteiger partial charge in [-0.3, -0.25) is 0 Å². The van der Waals surface area contributed by atoms with Crippen LogP contribution in [0.5, 0.6) is 0 Å². The molecule has 1 rings (SSSR count). The minimum atomic E-state index is -0.321. The van der Waals surface area contributed by atoms with Gasteiger partial charge in [-0.1, -0.05) is 11.6 Å². The standard InChI is InChI=1S/C11H15ClFNO/c1-15-6-2-3-11(14)9-7-8(12)4-5-10(9)13/h4-5,7,11H,2-3,6,14H2,1H3. The number of benzene rings is 1. The topological polar surface area (TPSA) is 35.2 Å². The molecule has 0 bridgehead atoms. The van der Waals surface area contributed by atoms with Crippen LogP contribution < -0.4 is 5.73 Å². The molecule has 2 nitrogen and oxygen atoms in total. The molecule has 0 aliphatic carbocycles. The minimum Gasteiger partial charge on any atom is -0.385 e. The van der Waals surface area contributed by atoms with Crippen molar-refractivity contribution in [3.8, 4) is 0 Å². The van der Waals surface area contributed by atoms with Gasteiger partial charge >= 0.3 is 0 Å². The summed E-state index contributed by atoms with van der Waals surface area (Å²) in [5.41, 5.74) is 6.32. The molecule has 0 radical (unpaired) electrons. The van der Waals surface area contributed by atoms with E-state index in [2.05, 4.69) is 0 Å². The lowest BCUT2D eigenvalue weighted by molar-refractivity contribution is 0.190. The Bertz CT molecular complexity index is 319. The van der Waals surface area contributed by atoms with E-state index in [0.29, 0.717) is 23.6 Å². The van der Waals surface area contributed by atoms with E-state index >= 15 is 0 Å². The van der Waals surface area contributed by atoms with Crippen LogP contribution in [-0.2, 0) is 4.74 Å². The monoisotopic (exact) mass is 231 g/mol. The molecule has 0 spiro atoms. The Morgan fingerprint density at radius 2 is 2.27 bits per heavy atom. The number of rotatable bonds is 5. The van der Waals surface area contributed by atoms with Gasteiger partial charge < -0.3 is 10.5 Å². The molecule has 1 aromatic carbocycles. The highest BCUT2D eigenvalue weighted by Crippen LogP contribution is 2.22. The first-order valence-corrected chi connectivity index (χ1v) is 5.22. The zero-order valence-electron chi connectivity index (χ0n) is 8.67. The number of methoxy groups -OCH3 is 1. The van der Waals surface area contributed by atoms with Crippen LogP contribution in [0.15, 0.2) is 18.2 Å². The molecule has 0 aliphatic rings. The average Bonchev–Trinajstić information content (AvgIpc) is 2.22. The fourth-order valence-corrected chi connectivity index (χ4v) is 1.58. The molecule has 0 heterocycles. The third-order valence-electron chi connectivity index (χ3n) is 2.22. The second-order valence-corrected chi connectivity index (χ2v) is 3.84. The third kappa shape index (κ3) is 3.78. The van der Waals surface area contributed by atoms with E-state index in [1.54, 1.807) is 13.2 Å². The van der Waals surface area contributed by atoms with Crippen molar-refractivity contribution >= 4 is 11.6 Å². The van der Waals surface area contributed by atoms with Crippen molar-refractivity contribution in [1.29, 1.82) is 0 Å². The van der Waals surface area contributed by atoms with Gasteiger partial charge in [0.1, 0.15) is 5.82 Å². The summed E-state index contributed by atoms with van der Waals surface area (Å²) in [6.07, 6.45) is 1.49. The summed E-state index contributed by atoms with van der Waals surface area (Å²) < 4.78 is 18.3. The van der Waals surface area contributed by atoms with Gasteiger partial charge in [-0.25, -0.2) is 4.39 Å². The van der Waals surface area contributed by atoms with Crippen molar-refractivity contribution in [3.05, 3.63) is 34.6 Å². The molecule has 0 aromatic heterocycles. The summed E-state index contributed by atoms with van der Waals surface area (Å²) in [6, 6.07) is 4.11. The van der Waals surface area contributed by atoms with Crippen LogP contribution in [0.2, 0.25) is 5.02 Å². The Balaban J connectivity index is 2.64. The van der Waals surface area contributed by atoms with Crippen LogP contribution in [0.1, 0.15) is 24.4 Å². The fourth-order valence-electron chi connectivity index (χ4n) is 1.40. The van der Waals surface area contributed by atoms with Gasteiger partial charge in [0.05, 0.1) is 0 Å². The van der Waals surface area contributed by atoms with Crippen molar-refractivity contribution in [2.45, 2.75) is 18.9 Å². The molecule has 0 aliphatic heterocycles. The molecule has 84 valence electrons. The summed E-state index contributed by atoms with van der Waals surface area (Å²) in [7, 11) is 1.63. The number of nitrogens with two attached hydrogens (primary N) is 1. The average molecular weight is 232 g/mol. The maximum atomic E-state index is 13.4. The Morgan fingerprint density at radius 3 is 2.93 bits per heavy atom. The first-order valence-electron chi connectivity index (χ1n) is 4.84. The molecule has 0 saturated carbocycles. The second kappa shape index (κ2) is 6.05. The van der Waals surface area contributed by atoms with Gasteiger partial charge in [0.2, 0.25) is 0 Å². The maximum Gasteiger partial charge on any atom is 0.128 e. The van der Waals surface area contributed by atoms with Crippen LogP contribution in [0.4, 0.5) is 4.39 Å². The molecule has 0 amide bonds. The SMILES string of the molecule is COCCCC(N)c1cc(Cl)ccc1F. The predicted octanol–water partition coefficient (Wildman–Crippen LogP) is 2.91. The first kappa shape index (κ1) is 12.4. The highest BCUT2D eigenvalue weighted by molar-refractivity contribution is 6.30. The molecular formula is C11H15ClFNO. The van der Waals surface area contributed by atoms with Gasteiger partial charge in [-0.2, -0.15) is 0 Å². The first-order chi connectivity index (χ1) is 7.15. The van der Waals surface area contributed by atoms with Crippen molar-refractivity contribution in [3.63, 3.8) is 0 Å². The van der Waals surface area contributed by atoms with Crippen LogP contribution in [-0.4, -0.2) is 13.7 Å². The Kier molecular flexibility index (Phi) is 5.02. The molecule has 1 aromatic rings. The van der Waals surface area contributed by atoms with Crippen molar-refractivity contribution < 1.29 is 9.13 Å². The molecule has 0 fully saturated rings. The Hall–Kier alpha value is -0.640. The molecule has 15 heavy (non-hydrogen) atoms. The molecule has 1 atom stereocenters. The van der Waals surface area contributed by atoms with E-state index in [9.17, 15) is 4.39 Å². The predicted molar refractivity (Wildman–Crippen MR) is 59.4 cm³/mol. The quantitative estimate of drug-likeness (QED) is 0.791. The van der Waals surface area contributed by atoms with Crippen LogP contribution in [0.3, 0.4) is 0 Å². The lowest BCUT2D eigenvalue weighted by atomic mass is 10.0. The van der Waals surface area contributed by atoms with Crippen molar-refractivity contribution in [1.82, 2.24) is 0 Å². The third-order valence-corrected chi connectivity index (χ3v) is 2.46. The number of ether oxygens (including phenoxy) is 1. The molecule has 0 saturated heterocycles. The lowest BCUT2D eigenvalue weighted by Crippen LogP contribution is -2.12. The molecule has 4 heteroatoms. The summed E-state index contributed by atoms with van der Waals surface area (Å²) in [5, 5.41) is 0.508. The van der Waals surface area contributed by atoms with E-state index in [1.165, 1.54) is 12.1 Å². The smallest absolute Gasteiger partial charge is 0.128 e. The molecular weight excluding hydrogens is 217 g/mol. The van der Waals surface area contributed by atoms with Crippen LogP contribution in [0.25, 0.3) is 0 Å². The Labute approximate surface area is 94.2 Å². The lowest BCUT2D eigenvalue weighted by Gasteiger charge is -2.12. The van der Waals surface area contributed by atoms with E-state index in [-0.39, 0.29) is 11.9 Å². The maximum absolute atomic E-state index is 13.4. The second-order valence-electron chi connectivity index (χ2n) is 3.41. The van der Waals surface area contributed by atoms with Gasteiger partial charge in [-0.15, -0.1) is 0 Å². The molecule has 1 unspecified atom stereocenters. The fraction of sp³-hybridized carbons (Fsp3) is 0.455. The molecule has 2 N–H and O–H groups in total. The van der Waals surface area contributed by atoms with E-state index in [4.69, 9.17) is 22.1 Å². The van der Waals surface area contributed by atoms with Crippen LogP contribution in [0, 0.1) is 5.82 Å². The minimum absolute atomic E-state index is 0.302. The highest BCUT2D eigenvalue weighted by Gasteiger charge is 2.11. The zero-order chi connectivity index (χ0) is 11.3. The van der Waals surface area contributed by atoms with Gasteiger partial charge in [0.25, 0.3) is 0 Å². The zero-order valence-corrected chi connectivity index (χ0v) is 9.43. The number of hydrogen-bond donors (Lipinski definition) is 1. The van der Waals surface area contributed by atoms with Crippen molar-refractivity contribution in [2.24, 2.45) is 5.73 Å². The van der Waals surface area contributed by atoms with Crippen molar-refractivity contribution in [2.75, 3.05) is 13.7 Å². The van der Waals surface area contributed by atoms with Gasteiger partial charge in [-0.05, 0) is 31.0 Å². The van der Waals surface area contributed by atoms with Gasteiger partial charge in [0.15, 0.2) is 0 Å². The number of halogens is 2. The summed E-state index contributed by atoms with van der Waals surface area (Å²) >= 11 is 5.78. The highest BCUT2D eigenvalue weighted by atomic mass is 35.5. The summed E-state index contributed by atoms with van der Waals surface area (Å²) in [5.74, 6) is -0.302. The van der Waals surface area contributed by atoms with Crippen LogP contribution >= 0.6 is 11.6 Å². The van der Waals surface area contributed by atoms with E-state index < -0.39 is 0 Å². The van der Waals surface area contributed by atoms with Gasteiger partial charge in [0, 0.05) is 30.3 Å².